The van der Waals surface area contributed by atoms with Gasteiger partial charge in [0.1, 0.15) is 5.69 Å². The SMILES string of the molecule is Cc1ccc(-c2c(C)n(-c3ccccc3)c3[n+]2CCCS3)cc1.[Br-]. The Balaban J connectivity index is 0.00000169. The van der Waals surface area contributed by atoms with Crippen molar-refractivity contribution in [2.45, 2.75) is 32.0 Å². The van der Waals surface area contributed by atoms with E-state index in [9.17, 15) is 0 Å². The molecule has 4 rings (SSSR count). The number of imidazole rings is 1. The van der Waals surface area contributed by atoms with Crippen molar-refractivity contribution in [2.24, 2.45) is 0 Å². The van der Waals surface area contributed by atoms with Crippen LogP contribution < -0.4 is 21.5 Å². The molecule has 0 spiro atoms. The molecule has 0 radical (unpaired) electrons. The van der Waals surface area contributed by atoms with E-state index in [0.29, 0.717) is 0 Å². The van der Waals surface area contributed by atoms with Crippen LogP contribution in [-0.4, -0.2) is 10.3 Å². The molecule has 2 nitrogen and oxygen atoms in total. The fourth-order valence-corrected chi connectivity index (χ4v) is 4.52. The van der Waals surface area contributed by atoms with Gasteiger partial charge in [-0.25, -0.2) is 4.57 Å². The summed E-state index contributed by atoms with van der Waals surface area (Å²) in [6, 6.07) is 19.6. The molecule has 0 saturated heterocycles. The predicted molar refractivity (Wildman–Crippen MR) is 96.2 cm³/mol. The molecule has 0 unspecified atom stereocenters. The first-order valence-corrected chi connectivity index (χ1v) is 9.14. The number of aryl methyl sites for hydroxylation is 1. The van der Waals surface area contributed by atoms with Crippen LogP contribution in [0.25, 0.3) is 16.9 Å². The molecule has 1 aliphatic heterocycles. The molecular formula is C20H21BrN2S. The smallest absolute Gasteiger partial charge is 0.323 e. The molecule has 2 aromatic carbocycles. The Bertz CT molecular complexity index is 838. The van der Waals surface area contributed by atoms with Gasteiger partial charge >= 0.3 is 5.16 Å². The van der Waals surface area contributed by atoms with Gasteiger partial charge in [0.2, 0.25) is 0 Å². The van der Waals surface area contributed by atoms with Crippen molar-refractivity contribution in [3.05, 3.63) is 65.9 Å². The number of para-hydroxylation sites is 1. The van der Waals surface area contributed by atoms with Crippen molar-refractivity contribution in [3.63, 3.8) is 0 Å². The Morgan fingerprint density at radius 1 is 0.958 bits per heavy atom. The number of fused-ring (bicyclic) bond motifs is 1. The van der Waals surface area contributed by atoms with Crippen molar-refractivity contribution in [1.82, 2.24) is 4.57 Å². The molecule has 0 atom stereocenters. The first kappa shape index (κ1) is 17.3. The lowest BCUT2D eigenvalue weighted by Gasteiger charge is -2.10. The maximum atomic E-state index is 2.50. The average molecular weight is 401 g/mol. The number of halogens is 1. The van der Waals surface area contributed by atoms with Gasteiger partial charge in [-0.15, -0.1) is 0 Å². The third-order valence-electron chi connectivity index (χ3n) is 4.47. The highest BCUT2D eigenvalue weighted by atomic mass is 79.9. The van der Waals surface area contributed by atoms with Gasteiger partial charge in [-0.2, -0.15) is 4.57 Å². The summed E-state index contributed by atoms with van der Waals surface area (Å²) < 4.78 is 4.92. The molecule has 0 amide bonds. The zero-order valence-corrected chi connectivity index (χ0v) is 16.4. The number of benzene rings is 2. The molecular weight excluding hydrogens is 380 g/mol. The largest absolute Gasteiger partial charge is 1.00 e. The van der Waals surface area contributed by atoms with Crippen LogP contribution in [0, 0.1) is 13.8 Å². The van der Waals surface area contributed by atoms with Crippen LogP contribution in [0.5, 0.6) is 0 Å². The van der Waals surface area contributed by atoms with E-state index in [1.54, 1.807) is 0 Å². The van der Waals surface area contributed by atoms with Gasteiger partial charge in [-0.1, -0.05) is 48.0 Å². The highest BCUT2D eigenvalue weighted by Gasteiger charge is 2.32. The summed E-state index contributed by atoms with van der Waals surface area (Å²) in [4.78, 5) is 0. The topological polar surface area (TPSA) is 8.81 Å². The maximum absolute atomic E-state index is 2.50. The fraction of sp³-hybridized carbons (Fsp3) is 0.250. The van der Waals surface area contributed by atoms with Crippen LogP contribution in [0.2, 0.25) is 0 Å². The van der Waals surface area contributed by atoms with E-state index < -0.39 is 0 Å². The fourth-order valence-electron chi connectivity index (χ4n) is 3.35. The van der Waals surface area contributed by atoms with Gasteiger partial charge in [-0.05, 0) is 37.2 Å². The number of rotatable bonds is 2. The van der Waals surface area contributed by atoms with Crippen LogP contribution in [0.3, 0.4) is 0 Å². The van der Waals surface area contributed by atoms with Gasteiger partial charge in [0.05, 0.1) is 6.54 Å². The molecule has 124 valence electrons. The van der Waals surface area contributed by atoms with Gasteiger partial charge in [0.15, 0.2) is 11.4 Å². The molecule has 1 aliphatic rings. The maximum Gasteiger partial charge on any atom is 0.323 e. The van der Waals surface area contributed by atoms with E-state index in [1.165, 1.54) is 45.5 Å². The Kier molecular flexibility index (Phi) is 5.16. The number of hydrogen-bond donors (Lipinski definition) is 0. The van der Waals surface area contributed by atoms with Crippen LogP contribution in [-0.2, 0) is 6.54 Å². The summed E-state index contributed by atoms with van der Waals surface area (Å²) in [7, 11) is 0. The molecule has 3 aromatic rings. The van der Waals surface area contributed by atoms with Gasteiger partial charge in [0, 0.05) is 18.2 Å². The second-order valence-electron chi connectivity index (χ2n) is 6.11. The average Bonchev–Trinajstić information content (AvgIpc) is 2.88. The molecule has 1 aromatic heterocycles. The van der Waals surface area contributed by atoms with Crippen LogP contribution in [0.4, 0.5) is 0 Å². The molecule has 0 N–H and O–H groups in total. The minimum absolute atomic E-state index is 0. The minimum Gasteiger partial charge on any atom is -1.00 e. The Labute approximate surface area is 158 Å². The van der Waals surface area contributed by atoms with E-state index in [0.717, 1.165) is 6.54 Å². The Morgan fingerprint density at radius 2 is 1.67 bits per heavy atom. The summed E-state index contributed by atoms with van der Waals surface area (Å²) in [5.74, 6) is 1.20. The third-order valence-corrected chi connectivity index (χ3v) is 5.62. The minimum atomic E-state index is 0. The lowest BCUT2D eigenvalue weighted by atomic mass is 10.1. The van der Waals surface area contributed by atoms with Crippen molar-refractivity contribution in [1.29, 1.82) is 0 Å². The molecule has 0 fully saturated rings. The predicted octanol–water partition coefficient (Wildman–Crippen LogP) is 1.55. The zero-order chi connectivity index (χ0) is 15.8. The summed E-state index contributed by atoms with van der Waals surface area (Å²) in [5, 5.41) is 1.36. The lowest BCUT2D eigenvalue weighted by molar-refractivity contribution is -0.724. The number of thioether (sulfide) groups is 1. The van der Waals surface area contributed by atoms with E-state index >= 15 is 0 Å². The first-order valence-electron chi connectivity index (χ1n) is 8.16. The van der Waals surface area contributed by atoms with E-state index in [2.05, 4.69) is 77.6 Å². The first-order chi connectivity index (χ1) is 11.3. The van der Waals surface area contributed by atoms with Gasteiger partial charge in [-0.3, -0.25) is 0 Å². The highest BCUT2D eigenvalue weighted by molar-refractivity contribution is 7.99. The van der Waals surface area contributed by atoms with Crippen molar-refractivity contribution >= 4 is 11.8 Å². The Hall–Kier alpha value is -1.52. The van der Waals surface area contributed by atoms with Gasteiger partial charge < -0.3 is 17.0 Å². The van der Waals surface area contributed by atoms with Gasteiger partial charge in [0.25, 0.3) is 0 Å². The summed E-state index contributed by atoms with van der Waals surface area (Å²) in [6.45, 7) is 5.49. The quantitative estimate of drug-likeness (QED) is 0.592. The molecule has 2 heterocycles. The molecule has 24 heavy (non-hydrogen) atoms. The molecule has 0 bridgehead atoms. The van der Waals surface area contributed by atoms with E-state index in [-0.39, 0.29) is 17.0 Å². The lowest BCUT2D eigenvalue weighted by Crippen LogP contribution is -3.00. The molecule has 0 aliphatic carbocycles. The van der Waals surface area contributed by atoms with Crippen LogP contribution in [0.15, 0.2) is 59.8 Å². The molecule has 4 heteroatoms. The third kappa shape index (κ3) is 2.93. The van der Waals surface area contributed by atoms with Crippen molar-refractivity contribution < 1.29 is 21.5 Å². The van der Waals surface area contributed by atoms with E-state index in [1.807, 2.05) is 11.8 Å². The van der Waals surface area contributed by atoms with Crippen molar-refractivity contribution in [3.8, 4) is 16.9 Å². The number of nitrogens with zero attached hydrogens (tertiary/aromatic N) is 2. The summed E-state index contributed by atoms with van der Waals surface area (Å²) in [6.07, 6.45) is 1.24. The monoisotopic (exact) mass is 400 g/mol. The number of hydrogen-bond acceptors (Lipinski definition) is 1. The van der Waals surface area contributed by atoms with Crippen LogP contribution in [0.1, 0.15) is 17.7 Å². The second-order valence-corrected chi connectivity index (χ2v) is 7.17. The molecule has 0 saturated carbocycles. The Morgan fingerprint density at radius 3 is 2.38 bits per heavy atom. The zero-order valence-electron chi connectivity index (χ0n) is 14.0. The second kappa shape index (κ2) is 7.16. The van der Waals surface area contributed by atoms with E-state index in [4.69, 9.17) is 0 Å². The highest BCUT2D eigenvalue weighted by Crippen LogP contribution is 2.32. The summed E-state index contributed by atoms with van der Waals surface area (Å²) in [5.41, 5.74) is 6.55. The normalized spacial score (nSPS) is 13.2. The number of aromatic nitrogens is 2. The standard InChI is InChI=1S/C20H21N2S.BrH/c1-15-9-11-17(12-10-15)19-16(2)22(18-7-4-3-5-8-18)20-21(19)13-6-14-23-20;/h3-5,7-12H,6,13-14H2,1-2H3;1H/q+1;/p-1. The van der Waals surface area contributed by atoms with Crippen LogP contribution >= 0.6 is 11.8 Å². The van der Waals surface area contributed by atoms with Crippen molar-refractivity contribution in [2.75, 3.05) is 5.75 Å². The summed E-state index contributed by atoms with van der Waals surface area (Å²) >= 11 is 1.97.